The van der Waals surface area contributed by atoms with Crippen molar-refractivity contribution < 1.29 is 13.5 Å². The van der Waals surface area contributed by atoms with Gasteiger partial charge in [-0.15, -0.1) is 0 Å². The summed E-state index contributed by atoms with van der Waals surface area (Å²) >= 11 is 3.30. The number of nitrogens with zero attached hydrogens (tertiary/aromatic N) is 1. The molecule has 1 aromatic rings. The first-order chi connectivity index (χ1) is 9.05. The summed E-state index contributed by atoms with van der Waals surface area (Å²) in [4.78, 5) is 0.320. The third kappa shape index (κ3) is 3.37. The Kier molecular flexibility index (Phi) is 5.00. The molecule has 0 aliphatic heterocycles. The van der Waals surface area contributed by atoms with E-state index in [0.29, 0.717) is 17.9 Å². The molecular formula is C13H18BrNO3S. The highest BCUT2D eigenvalue weighted by molar-refractivity contribution is 9.10. The van der Waals surface area contributed by atoms with Crippen molar-refractivity contribution in [2.75, 3.05) is 13.2 Å². The Morgan fingerprint density at radius 2 is 1.89 bits per heavy atom. The van der Waals surface area contributed by atoms with Crippen molar-refractivity contribution in [3.63, 3.8) is 0 Å². The van der Waals surface area contributed by atoms with E-state index in [0.717, 1.165) is 23.7 Å². The zero-order chi connectivity index (χ0) is 13.9. The molecule has 0 bridgehead atoms. The second-order valence-corrected chi connectivity index (χ2v) is 7.54. The van der Waals surface area contributed by atoms with Crippen LogP contribution in [-0.4, -0.2) is 37.0 Å². The maximum Gasteiger partial charge on any atom is 0.243 e. The fourth-order valence-electron chi connectivity index (χ4n) is 2.14. The summed E-state index contributed by atoms with van der Waals surface area (Å²) in [6.07, 6.45) is 3.39. The van der Waals surface area contributed by atoms with Gasteiger partial charge in [0.1, 0.15) is 0 Å². The molecular weight excluding hydrogens is 330 g/mol. The van der Waals surface area contributed by atoms with Gasteiger partial charge in [0.25, 0.3) is 0 Å². The molecule has 1 aliphatic carbocycles. The molecule has 106 valence electrons. The number of rotatable bonds is 6. The Hall–Kier alpha value is -0.430. The number of hydrogen-bond acceptors (Lipinski definition) is 3. The van der Waals surface area contributed by atoms with Gasteiger partial charge >= 0.3 is 0 Å². The maximum atomic E-state index is 12.6. The summed E-state index contributed by atoms with van der Waals surface area (Å²) in [7, 11) is -3.45. The van der Waals surface area contributed by atoms with Gasteiger partial charge in [-0.05, 0) is 43.5 Å². The summed E-state index contributed by atoms with van der Waals surface area (Å²) in [5.74, 6) is 0. The van der Waals surface area contributed by atoms with Crippen LogP contribution in [0.1, 0.15) is 25.7 Å². The van der Waals surface area contributed by atoms with Crippen LogP contribution in [0.2, 0.25) is 0 Å². The number of hydrogen-bond donors (Lipinski definition) is 1. The lowest BCUT2D eigenvalue weighted by molar-refractivity contribution is 0.198. The first-order valence-electron chi connectivity index (χ1n) is 6.44. The van der Waals surface area contributed by atoms with Crippen molar-refractivity contribution in [1.82, 2.24) is 4.31 Å². The van der Waals surface area contributed by atoms with Gasteiger partial charge in [-0.3, -0.25) is 0 Å². The molecule has 1 aromatic carbocycles. The third-order valence-corrected chi connectivity index (χ3v) is 5.93. The van der Waals surface area contributed by atoms with Crippen LogP contribution < -0.4 is 0 Å². The SMILES string of the molecule is O=S(=O)(c1ccc(Br)cc1)N(CCCO)C1CCC1. The Morgan fingerprint density at radius 3 is 2.37 bits per heavy atom. The van der Waals surface area contributed by atoms with Crippen LogP contribution in [0.3, 0.4) is 0 Å². The Labute approximate surface area is 122 Å². The van der Waals surface area contributed by atoms with Crippen LogP contribution in [0.15, 0.2) is 33.6 Å². The van der Waals surface area contributed by atoms with Gasteiger partial charge in [-0.1, -0.05) is 22.4 Å². The highest BCUT2D eigenvalue weighted by Gasteiger charge is 2.34. The van der Waals surface area contributed by atoms with E-state index in [9.17, 15) is 8.42 Å². The fraction of sp³-hybridized carbons (Fsp3) is 0.538. The Balaban J connectivity index is 2.24. The maximum absolute atomic E-state index is 12.6. The predicted octanol–water partition coefficient (Wildman–Crippen LogP) is 2.37. The van der Waals surface area contributed by atoms with Crippen LogP contribution >= 0.6 is 15.9 Å². The van der Waals surface area contributed by atoms with Crippen molar-refractivity contribution >= 4 is 26.0 Å². The zero-order valence-corrected chi connectivity index (χ0v) is 13.0. The average molecular weight is 348 g/mol. The standard InChI is InChI=1S/C13H18BrNO3S/c14-11-5-7-13(8-6-11)19(17,18)15(9-2-10-16)12-3-1-4-12/h5-8,12,16H,1-4,9-10H2. The van der Waals surface area contributed by atoms with E-state index < -0.39 is 10.0 Å². The van der Waals surface area contributed by atoms with Crippen molar-refractivity contribution in [2.45, 2.75) is 36.6 Å². The summed E-state index contributed by atoms with van der Waals surface area (Å²) in [5, 5.41) is 8.93. The molecule has 0 aromatic heterocycles. The van der Waals surface area contributed by atoms with Gasteiger partial charge < -0.3 is 5.11 Å². The zero-order valence-electron chi connectivity index (χ0n) is 10.6. The molecule has 1 N–H and O–H groups in total. The van der Waals surface area contributed by atoms with Crippen LogP contribution in [-0.2, 0) is 10.0 Å². The van der Waals surface area contributed by atoms with E-state index in [1.807, 2.05) is 0 Å². The molecule has 0 atom stereocenters. The lowest BCUT2D eigenvalue weighted by Gasteiger charge is -2.36. The molecule has 1 aliphatic rings. The summed E-state index contributed by atoms with van der Waals surface area (Å²) < 4.78 is 27.6. The molecule has 2 rings (SSSR count). The average Bonchev–Trinajstić information content (AvgIpc) is 2.32. The van der Waals surface area contributed by atoms with E-state index in [1.54, 1.807) is 28.6 Å². The number of benzene rings is 1. The van der Waals surface area contributed by atoms with Crippen LogP contribution in [0.4, 0.5) is 0 Å². The number of halogens is 1. The molecule has 1 saturated carbocycles. The van der Waals surface area contributed by atoms with Crippen LogP contribution in [0, 0.1) is 0 Å². The molecule has 0 amide bonds. The van der Waals surface area contributed by atoms with E-state index >= 15 is 0 Å². The minimum absolute atomic E-state index is 0.0130. The number of sulfonamides is 1. The summed E-state index contributed by atoms with van der Waals surface area (Å²) in [5.41, 5.74) is 0. The van der Waals surface area contributed by atoms with Gasteiger partial charge in [0.2, 0.25) is 10.0 Å². The van der Waals surface area contributed by atoms with Gasteiger partial charge in [0.15, 0.2) is 0 Å². The van der Waals surface area contributed by atoms with Crippen molar-refractivity contribution in [3.05, 3.63) is 28.7 Å². The van der Waals surface area contributed by atoms with Gasteiger partial charge in [-0.2, -0.15) is 4.31 Å². The highest BCUT2D eigenvalue weighted by Crippen LogP contribution is 2.30. The van der Waals surface area contributed by atoms with E-state index in [2.05, 4.69) is 15.9 Å². The molecule has 0 spiro atoms. The highest BCUT2D eigenvalue weighted by atomic mass is 79.9. The summed E-state index contributed by atoms with van der Waals surface area (Å²) in [6.45, 7) is 0.401. The van der Waals surface area contributed by atoms with Gasteiger partial charge in [-0.25, -0.2) is 8.42 Å². The van der Waals surface area contributed by atoms with Crippen molar-refractivity contribution in [1.29, 1.82) is 0 Å². The quantitative estimate of drug-likeness (QED) is 0.859. The summed E-state index contributed by atoms with van der Waals surface area (Å²) in [6, 6.07) is 6.80. The van der Waals surface area contributed by atoms with E-state index in [1.165, 1.54) is 0 Å². The molecule has 0 unspecified atom stereocenters. The van der Waals surface area contributed by atoms with Crippen molar-refractivity contribution in [2.24, 2.45) is 0 Å². The largest absolute Gasteiger partial charge is 0.396 e. The monoisotopic (exact) mass is 347 g/mol. The molecule has 6 heteroatoms. The third-order valence-electron chi connectivity index (χ3n) is 3.44. The minimum atomic E-state index is -3.45. The number of aliphatic hydroxyl groups excluding tert-OH is 1. The molecule has 0 heterocycles. The Morgan fingerprint density at radius 1 is 1.26 bits per heavy atom. The minimum Gasteiger partial charge on any atom is -0.396 e. The smallest absolute Gasteiger partial charge is 0.243 e. The predicted molar refractivity (Wildman–Crippen MR) is 77.4 cm³/mol. The van der Waals surface area contributed by atoms with Crippen LogP contribution in [0.25, 0.3) is 0 Å². The normalized spacial score (nSPS) is 16.6. The topological polar surface area (TPSA) is 57.6 Å². The second kappa shape index (κ2) is 6.35. The molecule has 19 heavy (non-hydrogen) atoms. The van der Waals surface area contributed by atoms with Gasteiger partial charge in [0.05, 0.1) is 4.90 Å². The fourth-order valence-corrected chi connectivity index (χ4v) is 4.13. The second-order valence-electron chi connectivity index (χ2n) is 4.73. The van der Waals surface area contributed by atoms with Crippen molar-refractivity contribution in [3.8, 4) is 0 Å². The molecule has 1 fully saturated rings. The number of aliphatic hydroxyl groups is 1. The lowest BCUT2D eigenvalue weighted by Crippen LogP contribution is -2.44. The lowest BCUT2D eigenvalue weighted by atomic mass is 9.93. The Bertz CT molecular complexity index is 511. The first-order valence-corrected chi connectivity index (χ1v) is 8.67. The molecule has 0 saturated heterocycles. The van der Waals surface area contributed by atoms with Crippen LogP contribution in [0.5, 0.6) is 0 Å². The van der Waals surface area contributed by atoms with E-state index in [-0.39, 0.29) is 12.6 Å². The molecule has 4 nitrogen and oxygen atoms in total. The van der Waals surface area contributed by atoms with Gasteiger partial charge in [0, 0.05) is 23.7 Å². The van der Waals surface area contributed by atoms with E-state index in [4.69, 9.17) is 5.11 Å². The molecule has 0 radical (unpaired) electrons. The first kappa shape index (κ1) is 15.0.